The topological polar surface area (TPSA) is 28.2 Å². The van der Waals surface area contributed by atoms with E-state index in [2.05, 4.69) is 48.1 Å². The van der Waals surface area contributed by atoms with Crippen molar-refractivity contribution >= 4 is 5.82 Å². The number of nitrogens with one attached hydrogen (secondary N) is 1. The Bertz CT molecular complexity index is 399. The summed E-state index contributed by atoms with van der Waals surface area (Å²) in [5.41, 5.74) is 1.34. The van der Waals surface area contributed by atoms with Crippen LogP contribution in [0, 0.1) is 0 Å². The largest absolute Gasteiger partial charge is 0.354 e. The highest BCUT2D eigenvalue weighted by atomic mass is 15.2. The third kappa shape index (κ3) is 4.48. The van der Waals surface area contributed by atoms with Crippen molar-refractivity contribution in [2.75, 3.05) is 11.4 Å². The van der Waals surface area contributed by atoms with Crippen molar-refractivity contribution in [3.05, 3.63) is 23.9 Å². The number of anilines is 1. The molecule has 0 saturated heterocycles. The van der Waals surface area contributed by atoms with E-state index in [1.165, 1.54) is 43.5 Å². The Morgan fingerprint density at radius 1 is 1.35 bits per heavy atom. The minimum absolute atomic E-state index is 0.501. The van der Waals surface area contributed by atoms with Gasteiger partial charge in [-0.1, -0.05) is 25.8 Å². The molecule has 112 valence electrons. The van der Waals surface area contributed by atoms with Gasteiger partial charge < -0.3 is 10.2 Å². The van der Waals surface area contributed by atoms with Crippen LogP contribution in [0.3, 0.4) is 0 Å². The van der Waals surface area contributed by atoms with E-state index in [1.807, 2.05) is 6.20 Å². The zero-order chi connectivity index (χ0) is 14.4. The molecule has 1 N–H and O–H groups in total. The lowest BCUT2D eigenvalue weighted by Gasteiger charge is -2.30. The minimum atomic E-state index is 0.501. The molecule has 1 aliphatic rings. The SMILES string of the molecule is CCCCCN(c1ncccc1CNC1CC1)C(C)C. The van der Waals surface area contributed by atoms with E-state index in [0.29, 0.717) is 6.04 Å². The smallest absolute Gasteiger partial charge is 0.133 e. The Kier molecular flexibility index (Phi) is 5.84. The highest BCUT2D eigenvalue weighted by Gasteiger charge is 2.21. The molecule has 2 rings (SSSR count). The molecule has 1 heterocycles. The van der Waals surface area contributed by atoms with Gasteiger partial charge in [0.25, 0.3) is 0 Å². The van der Waals surface area contributed by atoms with Crippen molar-refractivity contribution in [2.45, 2.75) is 71.5 Å². The van der Waals surface area contributed by atoms with E-state index in [-0.39, 0.29) is 0 Å². The first-order valence-electron chi connectivity index (χ1n) is 8.16. The second-order valence-corrected chi connectivity index (χ2v) is 6.14. The Hall–Kier alpha value is -1.09. The molecule has 0 aliphatic heterocycles. The summed E-state index contributed by atoms with van der Waals surface area (Å²) < 4.78 is 0. The number of hydrogen-bond acceptors (Lipinski definition) is 3. The molecule has 0 amide bonds. The molecular formula is C17H29N3. The van der Waals surface area contributed by atoms with Crippen LogP contribution < -0.4 is 10.2 Å². The number of aromatic nitrogens is 1. The van der Waals surface area contributed by atoms with Crippen LogP contribution >= 0.6 is 0 Å². The molecule has 0 radical (unpaired) electrons. The molecule has 0 bridgehead atoms. The lowest BCUT2D eigenvalue weighted by molar-refractivity contribution is 0.611. The van der Waals surface area contributed by atoms with Gasteiger partial charge in [-0.2, -0.15) is 0 Å². The van der Waals surface area contributed by atoms with E-state index in [4.69, 9.17) is 0 Å². The Balaban J connectivity index is 2.04. The fraction of sp³-hybridized carbons (Fsp3) is 0.706. The van der Waals surface area contributed by atoms with E-state index in [1.54, 1.807) is 0 Å². The van der Waals surface area contributed by atoms with Gasteiger partial charge >= 0.3 is 0 Å². The first-order chi connectivity index (χ1) is 9.72. The lowest BCUT2D eigenvalue weighted by atomic mass is 10.1. The second kappa shape index (κ2) is 7.63. The summed E-state index contributed by atoms with van der Waals surface area (Å²) >= 11 is 0. The van der Waals surface area contributed by atoms with Crippen LogP contribution in [0.25, 0.3) is 0 Å². The molecule has 0 atom stereocenters. The molecular weight excluding hydrogens is 246 g/mol. The Morgan fingerprint density at radius 3 is 2.80 bits per heavy atom. The average molecular weight is 275 g/mol. The van der Waals surface area contributed by atoms with Crippen molar-refractivity contribution in [3.8, 4) is 0 Å². The molecule has 0 spiro atoms. The van der Waals surface area contributed by atoms with Gasteiger partial charge in [-0.25, -0.2) is 4.98 Å². The molecule has 1 aliphatic carbocycles. The normalized spacial score (nSPS) is 14.8. The third-order valence-corrected chi connectivity index (χ3v) is 3.92. The van der Waals surface area contributed by atoms with Crippen LogP contribution in [0.5, 0.6) is 0 Å². The van der Waals surface area contributed by atoms with Crippen LogP contribution in [0.4, 0.5) is 5.82 Å². The molecule has 0 aromatic carbocycles. The summed E-state index contributed by atoms with van der Waals surface area (Å²) in [6, 6.07) is 5.52. The van der Waals surface area contributed by atoms with E-state index < -0.39 is 0 Å². The van der Waals surface area contributed by atoms with Gasteiger partial charge in [0.05, 0.1) is 0 Å². The average Bonchev–Trinajstić information content (AvgIpc) is 3.26. The Labute approximate surface area is 123 Å². The van der Waals surface area contributed by atoms with E-state index >= 15 is 0 Å². The molecule has 3 nitrogen and oxygen atoms in total. The number of hydrogen-bond donors (Lipinski definition) is 1. The summed E-state index contributed by atoms with van der Waals surface area (Å²) in [6.45, 7) is 8.84. The number of unbranched alkanes of at least 4 members (excludes halogenated alkanes) is 2. The number of rotatable bonds is 9. The fourth-order valence-corrected chi connectivity index (χ4v) is 2.51. The molecule has 1 aromatic heterocycles. The molecule has 3 heteroatoms. The van der Waals surface area contributed by atoms with Gasteiger partial charge in [-0.05, 0) is 39.2 Å². The van der Waals surface area contributed by atoms with Crippen LogP contribution in [0.2, 0.25) is 0 Å². The summed E-state index contributed by atoms with van der Waals surface area (Å²) in [7, 11) is 0. The predicted molar refractivity (Wildman–Crippen MR) is 86.1 cm³/mol. The summed E-state index contributed by atoms with van der Waals surface area (Å²) in [5, 5.41) is 3.61. The predicted octanol–water partition coefficient (Wildman–Crippen LogP) is 3.74. The van der Waals surface area contributed by atoms with Crippen molar-refractivity contribution in [1.29, 1.82) is 0 Å². The quantitative estimate of drug-likeness (QED) is 0.696. The van der Waals surface area contributed by atoms with Gasteiger partial charge in [0.1, 0.15) is 5.82 Å². The maximum absolute atomic E-state index is 4.66. The van der Waals surface area contributed by atoms with Crippen molar-refractivity contribution in [3.63, 3.8) is 0 Å². The standard InChI is InChI=1S/C17H29N3/c1-4-5-6-12-20(14(2)3)17-15(8-7-11-18-17)13-19-16-9-10-16/h7-8,11,14,16,19H,4-6,9-10,12-13H2,1-3H3. The van der Waals surface area contributed by atoms with Crippen molar-refractivity contribution in [1.82, 2.24) is 10.3 Å². The van der Waals surface area contributed by atoms with Gasteiger partial charge in [0, 0.05) is 36.9 Å². The number of nitrogens with zero attached hydrogens (tertiary/aromatic N) is 2. The maximum Gasteiger partial charge on any atom is 0.133 e. The van der Waals surface area contributed by atoms with Gasteiger partial charge in [-0.3, -0.25) is 0 Å². The highest BCUT2D eigenvalue weighted by Crippen LogP contribution is 2.23. The van der Waals surface area contributed by atoms with Gasteiger partial charge in [-0.15, -0.1) is 0 Å². The monoisotopic (exact) mass is 275 g/mol. The van der Waals surface area contributed by atoms with Crippen LogP contribution in [0.1, 0.15) is 58.4 Å². The third-order valence-electron chi connectivity index (χ3n) is 3.92. The van der Waals surface area contributed by atoms with Crippen LogP contribution in [-0.4, -0.2) is 23.6 Å². The minimum Gasteiger partial charge on any atom is -0.354 e. The Morgan fingerprint density at radius 2 is 2.15 bits per heavy atom. The zero-order valence-electron chi connectivity index (χ0n) is 13.2. The second-order valence-electron chi connectivity index (χ2n) is 6.14. The summed E-state index contributed by atoms with van der Waals surface area (Å²) in [4.78, 5) is 7.12. The van der Waals surface area contributed by atoms with E-state index in [9.17, 15) is 0 Å². The van der Waals surface area contributed by atoms with Crippen LogP contribution in [0.15, 0.2) is 18.3 Å². The molecule has 1 saturated carbocycles. The summed E-state index contributed by atoms with van der Waals surface area (Å²) in [6.07, 6.45) is 8.40. The molecule has 0 unspecified atom stereocenters. The van der Waals surface area contributed by atoms with Crippen LogP contribution in [-0.2, 0) is 6.54 Å². The molecule has 20 heavy (non-hydrogen) atoms. The lowest BCUT2D eigenvalue weighted by Crippen LogP contribution is -2.34. The number of pyridine rings is 1. The van der Waals surface area contributed by atoms with Crippen molar-refractivity contribution in [2.24, 2.45) is 0 Å². The van der Waals surface area contributed by atoms with Gasteiger partial charge in [0.15, 0.2) is 0 Å². The van der Waals surface area contributed by atoms with E-state index in [0.717, 1.165) is 19.1 Å². The fourth-order valence-electron chi connectivity index (χ4n) is 2.51. The van der Waals surface area contributed by atoms with Crippen molar-refractivity contribution < 1.29 is 0 Å². The first-order valence-corrected chi connectivity index (χ1v) is 8.16. The van der Waals surface area contributed by atoms with Gasteiger partial charge in [0.2, 0.25) is 0 Å². The maximum atomic E-state index is 4.66. The summed E-state index contributed by atoms with van der Waals surface area (Å²) in [5.74, 6) is 1.17. The first kappa shape index (κ1) is 15.3. The molecule has 1 fully saturated rings. The molecule has 1 aromatic rings. The highest BCUT2D eigenvalue weighted by molar-refractivity contribution is 5.47. The zero-order valence-corrected chi connectivity index (χ0v) is 13.2.